The van der Waals surface area contributed by atoms with Crippen molar-refractivity contribution in [3.8, 4) is 0 Å². The summed E-state index contributed by atoms with van der Waals surface area (Å²) >= 11 is 0. The van der Waals surface area contributed by atoms with Gasteiger partial charge in [-0.25, -0.2) is 0 Å². The average Bonchev–Trinajstić information content (AvgIpc) is 2.62. The lowest BCUT2D eigenvalue weighted by Gasteiger charge is -2.09. The smallest absolute Gasteiger partial charge is 0.0620 e. The van der Waals surface area contributed by atoms with Crippen LogP contribution in [0.4, 0.5) is 0 Å². The van der Waals surface area contributed by atoms with Crippen LogP contribution in [0.3, 0.4) is 0 Å². The fraction of sp³-hybridized carbons (Fsp3) is 1.00. The second-order valence-corrected chi connectivity index (χ2v) is 4.12. The molecule has 1 heterocycles. The highest BCUT2D eigenvalue weighted by atomic mass is 16.5. The van der Waals surface area contributed by atoms with Gasteiger partial charge in [-0.3, -0.25) is 0 Å². The normalized spacial score (nSPS) is 40.2. The van der Waals surface area contributed by atoms with Crippen LogP contribution in [-0.2, 0) is 4.74 Å². The second kappa shape index (κ2) is 3.75. The fourth-order valence-electron chi connectivity index (χ4n) is 2.11. The Morgan fingerprint density at radius 1 is 1.50 bits per heavy atom. The molecular weight excluding hydrogens is 150 g/mol. The van der Waals surface area contributed by atoms with E-state index in [0.29, 0.717) is 6.04 Å². The molecule has 1 N–H and O–H groups in total. The highest BCUT2D eigenvalue weighted by molar-refractivity contribution is 4.95. The van der Waals surface area contributed by atoms with Crippen LogP contribution >= 0.6 is 0 Å². The molecular formula is C10H19NO. The average molecular weight is 169 g/mol. The van der Waals surface area contributed by atoms with Gasteiger partial charge < -0.3 is 10.1 Å². The largest absolute Gasteiger partial charge is 0.380 e. The maximum Gasteiger partial charge on any atom is 0.0620 e. The van der Waals surface area contributed by atoms with E-state index in [2.05, 4.69) is 12.2 Å². The molecule has 0 spiro atoms. The van der Waals surface area contributed by atoms with E-state index < -0.39 is 0 Å². The van der Waals surface area contributed by atoms with Crippen LogP contribution in [-0.4, -0.2) is 25.3 Å². The van der Waals surface area contributed by atoms with E-state index in [9.17, 15) is 0 Å². The summed E-state index contributed by atoms with van der Waals surface area (Å²) in [6.07, 6.45) is 5.37. The molecule has 2 aliphatic rings. The molecule has 0 bridgehead atoms. The molecule has 1 saturated heterocycles. The van der Waals surface area contributed by atoms with Gasteiger partial charge in [-0.1, -0.05) is 13.3 Å². The summed E-state index contributed by atoms with van der Waals surface area (Å²) in [7, 11) is 0. The monoisotopic (exact) mass is 169 g/mol. The van der Waals surface area contributed by atoms with Crippen molar-refractivity contribution in [3.05, 3.63) is 0 Å². The van der Waals surface area contributed by atoms with Gasteiger partial charge >= 0.3 is 0 Å². The van der Waals surface area contributed by atoms with Gasteiger partial charge in [0.1, 0.15) is 0 Å². The van der Waals surface area contributed by atoms with Crippen molar-refractivity contribution in [2.24, 2.45) is 5.92 Å². The lowest BCUT2D eigenvalue weighted by Crippen LogP contribution is -2.32. The summed E-state index contributed by atoms with van der Waals surface area (Å²) < 4.78 is 5.32. The lowest BCUT2D eigenvalue weighted by molar-refractivity contribution is 0.189. The Hall–Kier alpha value is -0.0800. The van der Waals surface area contributed by atoms with Crippen LogP contribution in [0.25, 0.3) is 0 Å². The van der Waals surface area contributed by atoms with E-state index in [4.69, 9.17) is 4.74 Å². The molecule has 0 aromatic rings. The lowest BCUT2D eigenvalue weighted by atomic mass is 10.2. The minimum absolute atomic E-state index is 0.664. The summed E-state index contributed by atoms with van der Waals surface area (Å²) in [6, 6.07) is 1.49. The van der Waals surface area contributed by atoms with Gasteiger partial charge in [0, 0.05) is 18.7 Å². The van der Waals surface area contributed by atoms with E-state index in [1.165, 1.54) is 25.7 Å². The molecule has 0 aromatic carbocycles. The molecule has 1 aliphatic heterocycles. The predicted octanol–water partition coefficient (Wildman–Crippen LogP) is 1.55. The van der Waals surface area contributed by atoms with E-state index in [1.807, 2.05) is 0 Å². The van der Waals surface area contributed by atoms with E-state index >= 15 is 0 Å². The first-order valence-electron chi connectivity index (χ1n) is 5.24. The molecule has 0 radical (unpaired) electrons. The van der Waals surface area contributed by atoms with Crippen molar-refractivity contribution in [1.82, 2.24) is 5.32 Å². The van der Waals surface area contributed by atoms with Crippen LogP contribution in [0.1, 0.15) is 32.6 Å². The number of ether oxygens (including phenoxy) is 1. The van der Waals surface area contributed by atoms with Crippen molar-refractivity contribution >= 4 is 0 Å². The molecule has 2 fully saturated rings. The third kappa shape index (κ3) is 1.99. The summed E-state index contributed by atoms with van der Waals surface area (Å²) in [5.41, 5.74) is 0. The Bertz CT molecular complexity index is 143. The van der Waals surface area contributed by atoms with Gasteiger partial charge in [0.15, 0.2) is 0 Å². The summed E-state index contributed by atoms with van der Waals surface area (Å²) in [5.74, 6) is 0.982. The van der Waals surface area contributed by atoms with E-state index in [1.54, 1.807) is 0 Å². The molecule has 70 valence electrons. The molecule has 3 unspecified atom stereocenters. The van der Waals surface area contributed by atoms with Crippen molar-refractivity contribution < 1.29 is 4.74 Å². The van der Waals surface area contributed by atoms with Crippen LogP contribution in [0, 0.1) is 5.92 Å². The molecule has 1 saturated carbocycles. The zero-order valence-electron chi connectivity index (χ0n) is 7.88. The number of nitrogens with one attached hydrogen (secondary N) is 1. The summed E-state index contributed by atoms with van der Waals surface area (Å²) in [6.45, 7) is 4.17. The van der Waals surface area contributed by atoms with Crippen molar-refractivity contribution in [2.45, 2.75) is 44.7 Å². The molecule has 1 aliphatic carbocycles. The topological polar surface area (TPSA) is 21.3 Å². The molecule has 12 heavy (non-hydrogen) atoms. The van der Waals surface area contributed by atoms with Crippen LogP contribution in [0.5, 0.6) is 0 Å². The first-order valence-corrected chi connectivity index (χ1v) is 5.24. The first-order chi connectivity index (χ1) is 5.90. The summed E-state index contributed by atoms with van der Waals surface area (Å²) in [5, 5.41) is 3.66. The van der Waals surface area contributed by atoms with Gasteiger partial charge in [0.25, 0.3) is 0 Å². The third-order valence-electron chi connectivity index (χ3n) is 2.96. The third-order valence-corrected chi connectivity index (χ3v) is 2.96. The minimum Gasteiger partial charge on any atom is -0.380 e. The Kier molecular flexibility index (Phi) is 2.66. The summed E-state index contributed by atoms with van der Waals surface area (Å²) in [4.78, 5) is 0. The van der Waals surface area contributed by atoms with Gasteiger partial charge in [0.05, 0.1) is 6.61 Å². The number of hydrogen-bond acceptors (Lipinski definition) is 2. The standard InChI is InChI=1S/C10H19NO/c1-2-3-8-6-10(8)11-9-4-5-12-7-9/h8-11H,2-7H2,1H3. The van der Waals surface area contributed by atoms with Gasteiger partial charge in [0.2, 0.25) is 0 Å². The van der Waals surface area contributed by atoms with E-state index in [0.717, 1.165) is 25.2 Å². The molecule has 3 atom stereocenters. The Morgan fingerprint density at radius 3 is 3.08 bits per heavy atom. The highest BCUT2D eigenvalue weighted by Crippen LogP contribution is 2.35. The fourth-order valence-corrected chi connectivity index (χ4v) is 2.11. The van der Waals surface area contributed by atoms with Crippen molar-refractivity contribution in [2.75, 3.05) is 13.2 Å². The SMILES string of the molecule is CCCC1CC1NC1CCOC1. The zero-order valence-corrected chi connectivity index (χ0v) is 7.88. The highest BCUT2D eigenvalue weighted by Gasteiger charge is 2.37. The van der Waals surface area contributed by atoms with Gasteiger partial charge in [-0.15, -0.1) is 0 Å². The Balaban J connectivity index is 1.62. The van der Waals surface area contributed by atoms with Crippen LogP contribution in [0.2, 0.25) is 0 Å². The quantitative estimate of drug-likeness (QED) is 0.689. The second-order valence-electron chi connectivity index (χ2n) is 4.12. The maximum atomic E-state index is 5.32. The molecule has 2 rings (SSSR count). The van der Waals surface area contributed by atoms with Gasteiger partial charge in [-0.2, -0.15) is 0 Å². The van der Waals surface area contributed by atoms with E-state index in [-0.39, 0.29) is 0 Å². The maximum absolute atomic E-state index is 5.32. The first kappa shape index (κ1) is 8.52. The van der Waals surface area contributed by atoms with Crippen LogP contribution in [0.15, 0.2) is 0 Å². The van der Waals surface area contributed by atoms with Gasteiger partial charge in [-0.05, 0) is 25.2 Å². The number of rotatable bonds is 4. The number of hydrogen-bond donors (Lipinski definition) is 1. The molecule has 0 amide bonds. The Labute approximate surface area is 74.7 Å². The zero-order chi connectivity index (χ0) is 8.39. The Morgan fingerprint density at radius 2 is 2.42 bits per heavy atom. The molecule has 2 heteroatoms. The predicted molar refractivity (Wildman–Crippen MR) is 49.2 cm³/mol. The van der Waals surface area contributed by atoms with Crippen LogP contribution < -0.4 is 5.32 Å². The molecule has 0 aromatic heterocycles. The van der Waals surface area contributed by atoms with Crippen molar-refractivity contribution in [3.63, 3.8) is 0 Å². The minimum atomic E-state index is 0.664. The van der Waals surface area contributed by atoms with Crippen molar-refractivity contribution in [1.29, 1.82) is 0 Å². The molecule has 2 nitrogen and oxygen atoms in total.